The van der Waals surface area contributed by atoms with Crippen LogP contribution in [0, 0.1) is 0 Å². The Labute approximate surface area is 63.1 Å². The molecule has 0 saturated heterocycles. The molecule has 0 aliphatic carbocycles. The van der Waals surface area contributed by atoms with Crippen molar-refractivity contribution < 1.29 is 29.3 Å². The van der Waals surface area contributed by atoms with Crippen molar-refractivity contribution in [3.8, 4) is 0 Å². The molecule has 3 N–H and O–H groups in total. The molecule has 11 heavy (non-hydrogen) atoms. The van der Waals surface area contributed by atoms with Crippen LogP contribution < -0.4 is 0 Å². The average Bonchev–Trinajstić information content (AvgIpc) is 1.85. The zero-order valence-corrected chi connectivity index (χ0v) is 6.06. The van der Waals surface area contributed by atoms with Crippen LogP contribution in [0.25, 0.3) is 0 Å². The van der Waals surface area contributed by atoms with Gasteiger partial charge in [-0.15, -0.1) is 0 Å². The number of rotatable bonds is 2. The van der Waals surface area contributed by atoms with Gasteiger partial charge in [-0.25, -0.2) is 14.2 Å². The fraction of sp³-hybridized carbons (Fsp3) is 0. The van der Waals surface area contributed by atoms with Crippen LogP contribution in [0.3, 0.4) is 0 Å². The van der Waals surface area contributed by atoms with Crippen LogP contribution in [0.4, 0.5) is 0 Å². The summed E-state index contributed by atoms with van der Waals surface area (Å²) in [5.41, 5.74) is 0. The van der Waals surface area contributed by atoms with Crippen molar-refractivity contribution in [2.75, 3.05) is 0 Å². The van der Waals surface area contributed by atoms with Gasteiger partial charge in [0.1, 0.15) is 0 Å². The Morgan fingerprint density at radius 1 is 1.09 bits per heavy atom. The van der Waals surface area contributed by atoms with E-state index in [1.165, 1.54) is 0 Å². The molecule has 0 saturated carbocycles. The van der Waals surface area contributed by atoms with Crippen molar-refractivity contribution in [2.45, 2.75) is 0 Å². The van der Waals surface area contributed by atoms with Gasteiger partial charge in [-0.1, -0.05) is 0 Å². The first-order valence-electron chi connectivity index (χ1n) is 2.15. The maximum Gasteiger partial charge on any atom is 0.328 e. The van der Waals surface area contributed by atoms with Gasteiger partial charge in [0.15, 0.2) is 0 Å². The molecule has 0 bridgehead atoms. The Bertz CT molecular complexity index is 157. The summed E-state index contributed by atoms with van der Waals surface area (Å²) < 4.78 is 8.46. The van der Waals surface area contributed by atoms with E-state index in [1.54, 1.807) is 0 Å². The van der Waals surface area contributed by atoms with E-state index in [4.69, 9.17) is 19.7 Å². The van der Waals surface area contributed by atoms with E-state index in [0.717, 1.165) is 0 Å². The summed E-state index contributed by atoms with van der Waals surface area (Å²) in [6.07, 6.45) is 1.12. The molecular formula is C4H5O6P. The second-order valence-electron chi connectivity index (χ2n) is 1.09. The van der Waals surface area contributed by atoms with E-state index in [2.05, 4.69) is 0 Å². The first-order valence-corrected chi connectivity index (χ1v) is 2.91. The molecule has 0 spiro atoms. The minimum absolute atomic E-state index is 0.558. The van der Waals surface area contributed by atoms with Crippen LogP contribution in [-0.2, 0) is 14.2 Å². The normalized spacial score (nSPS) is 8.82. The van der Waals surface area contributed by atoms with E-state index in [0.29, 0.717) is 12.2 Å². The highest BCUT2D eigenvalue weighted by atomic mass is 31.1. The first-order chi connectivity index (χ1) is 5.04. The lowest BCUT2D eigenvalue weighted by molar-refractivity contribution is -0.134. The Balaban J connectivity index is 0. The highest BCUT2D eigenvalue weighted by Gasteiger charge is 1.88. The van der Waals surface area contributed by atoms with Crippen LogP contribution in [0.15, 0.2) is 12.2 Å². The van der Waals surface area contributed by atoms with E-state index in [1.807, 2.05) is 0 Å². The van der Waals surface area contributed by atoms with Gasteiger partial charge in [-0.05, 0) is 0 Å². The van der Waals surface area contributed by atoms with E-state index >= 15 is 0 Å². The maximum absolute atomic E-state index is 9.55. The lowest BCUT2D eigenvalue weighted by atomic mass is 10.5. The zero-order chi connectivity index (χ0) is 9.28. The number of carboxylic acid groups (broad SMARTS) is 2. The summed E-state index contributed by atoms with van der Waals surface area (Å²) in [5, 5.41) is 15.6. The number of carboxylic acids is 2. The summed E-state index contributed by atoms with van der Waals surface area (Å²) in [7, 11) is -0.833. The summed E-state index contributed by atoms with van der Waals surface area (Å²) in [6.45, 7) is 0. The topological polar surface area (TPSA) is 112 Å². The molecule has 0 atom stereocenters. The summed E-state index contributed by atoms with van der Waals surface area (Å²) in [6, 6.07) is 0. The predicted octanol–water partition coefficient (Wildman–Crippen LogP) is -0.103. The van der Waals surface area contributed by atoms with E-state index < -0.39 is 20.6 Å². The van der Waals surface area contributed by atoms with E-state index in [9.17, 15) is 9.59 Å². The van der Waals surface area contributed by atoms with Crippen LogP contribution >= 0.6 is 8.69 Å². The molecule has 0 amide bonds. The van der Waals surface area contributed by atoms with Crippen molar-refractivity contribution in [1.29, 1.82) is 0 Å². The molecule has 0 aliphatic heterocycles. The molecule has 0 aliphatic rings. The minimum atomic E-state index is -1.26. The van der Waals surface area contributed by atoms with Crippen molar-refractivity contribution >= 4 is 20.6 Å². The van der Waals surface area contributed by atoms with Crippen LogP contribution in [0.1, 0.15) is 0 Å². The summed E-state index contributed by atoms with van der Waals surface area (Å²) in [5.74, 6) is -2.51. The molecule has 0 aromatic carbocycles. The Morgan fingerprint density at radius 3 is 1.36 bits per heavy atom. The molecule has 0 aromatic heterocycles. The molecule has 62 valence electrons. The fourth-order valence-corrected chi connectivity index (χ4v) is 0.143. The van der Waals surface area contributed by atoms with Gasteiger partial charge >= 0.3 is 20.6 Å². The summed E-state index contributed by atoms with van der Waals surface area (Å²) >= 11 is 0. The highest BCUT2D eigenvalue weighted by molar-refractivity contribution is 7.16. The fourth-order valence-electron chi connectivity index (χ4n) is 0.143. The third-order valence-corrected chi connectivity index (χ3v) is 0.368. The molecule has 0 aromatic rings. The molecule has 0 heterocycles. The lowest BCUT2D eigenvalue weighted by Crippen LogP contribution is -1.91. The molecular weight excluding hydrogens is 175 g/mol. The number of aliphatic carboxylic acids is 2. The molecule has 0 unspecified atom stereocenters. The average molecular weight is 180 g/mol. The third kappa shape index (κ3) is 28.4. The van der Waals surface area contributed by atoms with Crippen LogP contribution in [0.2, 0.25) is 0 Å². The van der Waals surface area contributed by atoms with Crippen LogP contribution in [0.5, 0.6) is 0 Å². The Kier molecular flexibility index (Phi) is 9.87. The second-order valence-corrected chi connectivity index (χ2v) is 1.25. The van der Waals surface area contributed by atoms with Gasteiger partial charge in [0.05, 0.1) is 0 Å². The Morgan fingerprint density at radius 2 is 1.27 bits per heavy atom. The molecule has 6 nitrogen and oxygen atoms in total. The summed E-state index contributed by atoms with van der Waals surface area (Å²) in [4.78, 5) is 26.1. The first kappa shape index (κ1) is 12.4. The van der Waals surface area contributed by atoms with Gasteiger partial charge in [-0.3, -0.25) is 0 Å². The largest absolute Gasteiger partial charge is 0.478 e. The van der Waals surface area contributed by atoms with Crippen molar-refractivity contribution in [3.63, 3.8) is 0 Å². The van der Waals surface area contributed by atoms with Gasteiger partial charge in [0.2, 0.25) is 0 Å². The lowest BCUT2D eigenvalue weighted by Gasteiger charge is -1.74. The number of hydrogen-bond donors (Lipinski definition) is 3. The van der Waals surface area contributed by atoms with E-state index in [-0.39, 0.29) is 0 Å². The van der Waals surface area contributed by atoms with Gasteiger partial charge in [0, 0.05) is 12.2 Å². The molecule has 7 heteroatoms. The standard InChI is InChI=1S/C4H4O4.HO2P/c5-3(6)1-2-4(7)8;1-3-2/h1-2H,(H,5,6)(H,7,8);(H,1,2)/b2-1-;. The molecule has 0 radical (unpaired) electrons. The number of hydrogen-bond acceptors (Lipinski definition) is 3. The SMILES string of the molecule is O=C(O)/C=C\C(=O)O.O=PO. The van der Waals surface area contributed by atoms with Gasteiger partial charge < -0.3 is 15.1 Å². The molecule has 0 fully saturated rings. The second kappa shape index (κ2) is 8.74. The molecule has 0 rings (SSSR count). The van der Waals surface area contributed by atoms with Crippen molar-refractivity contribution in [2.24, 2.45) is 0 Å². The number of carbonyl (C=O) groups is 2. The third-order valence-electron chi connectivity index (χ3n) is 0.368. The minimum Gasteiger partial charge on any atom is -0.478 e. The Hall–Kier alpha value is -1.26. The zero-order valence-electron chi connectivity index (χ0n) is 5.17. The smallest absolute Gasteiger partial charge is 0.328 e. The van der Waals surface area contributed by atoms with Gasteiger partial charge in [0.25, 0.3) is 0 Å². The van der Waals surface area contributed by atoms with Crippen molar-refractivity contribution in [3.05, 3.63) is 12.2 Å². The van der Waals surface area contributed by atoms with Gasteiger partial charge in [-0.2, -0.15) is 0 Å². The monoisotopic (exact) mass is 180 g/mol. The van der Waals surface area contributed by atoms with Crippen molar-refractivity contribution in [1.82, 2.24) is 0 Å². The maximum atomic E-state index is 9.55. The quantitative estimate of drug-likeness (QED) is 0.404. The van der Waals surface area contributed by atoms with Crippen LogP contribution in [-0.4, -0.2) is 27.0 Å². The predicted molar refractivity (Wildman–Crippen MR) is 34.2 cm³/mol. The highest BCUT2D eigenvalue weighted by Crippen LogP contribution is 1.70.